The van der Waals surface area contributed by atoms with E-state index < -0.39 is 0 Å². The molecule has 0 saturated carbocycles. The first-order chi connectivity index (χ1) is 12.8. The van der Waals surface area contributed by atoms with E-state index in [4.69, 9.17) is 9.47 Å². The first-order valence-electron chi connectivity index (χ1n) is 9.73. The average molecular weight is 355 g/mol. The number of para-hydroxylation sites is 1. The molecule has 0 radical (unpaired) electrons. The van der Waals surface area contributed by atoms with Crippen LogP contribution in [-0.2, 0) is 4.74 Å². The van der Waals surface area contributed by atoms with Gasteiger partial charge in [-0.1, -0.05) is 12.1 Å². The molecule has 0 spiro atoms. The van der Waals surface area contributed by atoms with Gasteiger partial charge in [-0.05, 0) is 37.3 Å². The molecular formula is C21H29N3O2. The summed E-state index contributed by atoms with van der Waals surface area (Å²) in [4.78, 5) is 9.78. The Morgan fingerprint density at radius 1 is 1.15 bits per heavy atom. The number of nitrogens with zero attached hydrogens (tertiary/aromatic N) is 3. The molecule has 0 N–H and O–H groups in total. The van der Waals surface area contributed by atoms with Gasteiger partial charge in [-0.3, -0.25) is 9.88 Å². The Labute approximate surface area is 155 Å². The fraction of sp³-hybridized carbons (Fsp3) is 0.571. The number of pyridine rings is 1. The van der Waals surface area contributed by atoms with Crippen LogP contribution in [0.1, 0.15) is 18.4 Å². The molecule has 1 aromatic heterocycles. The number of anilines is 1. The molecule has 26 heavy (non-hydrogen) atoms. The topological polar surface area (TPSA) is 37.8 Å². The molecule has 0 bridgehead atoms. The summed E-state index contributed by atoms with van der Waals surface area (Å²) in [6.45, 7) is 9.66. The van der Waals surface area contributed by atoms with Crippen molar-refractivity contribution in [2.75, 3.05) is 57.9 Å². The molecule has 2 fully saturated rings. The number of aromatic nitrogens is 1. The number of fused-ring (bicyclic) bond motifs is 1. The number of ether oxygens (including phenoxy) is 2. The molecule has 1 aromatic carbocycles. The highest BCUT2D eigenvalue weighted by Gasteiger charge is 2.24. The number of hydrogen-bond donors (Lipinski definition) is 0. The van der Waals surface area contributed by atoms with E-state index in [1.807, 2.05) is 12.3 Å². The molecule has 2 saturated heterocycles. The van der Waals surface area contributed by atoms with Crippen LogP contribution < -0.4 is 9.64 Å². The van der Waals surface area contributed by atoms with Crippen LogP contribution >= 0.6 is 0 Å². The highest BCUT2D eigenvalue weighted by Crippen LogP contribution is 2.34. The summed E-state index contributed by atoms with van der Waals surface area (Å²) < 4.78 is 11.0. The van der Waals surface area contributed by atoms with E-state index in [0.717, 1.165) is 56.6 Å². The third kappa shape index (κ3) is 3.51. The average Bonchev–Trinajstić information content (AvgIpc) is 2.69. The summed E-state index contributed by atoms with van der Waals surface area (Å²) in [5, 5.41) is 1.20. The summed E-state index contributed by atoms with van der Waals surface area (Å²) in [6.07, 6.45) is 4.41. The minimum atomic E-state index is 0.808. The maximum atomic E-state index is 5.51. The molecule has 5 heteroatoms. The van der Waals surface area contributed by atoms with Crippen molar-refractivity contribution in [1.82, 2.24) is 9.88 Å². The monoisotopic (exact) mass is 355 g/mol. The predicted molar refractivity (Wildman–Crippen MR) is 105 cm³/mol. The fourth-order valence-corrected chi connectivity index (χ4v) is 4.31. The zero-order chi connectivity index (χ0) is 17.9. The number of rotatable bonds is 4. The Balaban J connectivity index is 1.49. The minimum Gasteiger partial charge on any atom is -0.494 e. The van der Waals surface area contributed by atoms with Crippen LogP contribution in [0.3, 0.4) is 0 Å². The zero-order valence-electron chi connectivity index (χ0n) is 15.9. The smallest absolute Gasteiger partial charge is 0.145 e. The van der Waals surface area contributed by atoms with Crippen molar-refractivity contribution in [2.24, 2.45) is 5.92 Å². The van der Waals surface area contributed by atoms with Gasteiger partial charge in [0.1, 0.15) is 11.3 Å². The molecule has 2 aliphatic heterocycles. The molecule has 3 heterocycles. The van der Waals surface area contributed by atoms with E-state index in [9.17, 15) is 0 Å². The van der Waals surface area contributed by atoms with E-state index in [0.29, 0.717) is 0 Å². The van der Waals surface area contributed by atoms with Crippen LogP contribution in [0.25, 0.3) is 10.9 Å². The maximum absolute atomic E-state index is 5.51. The third-order valence-electron chi connectivity index (χ3n) is 5.78. The lowest BCUT2D eigenvalue weighted by molar-refractivity contribution is 0.0517. The first-order valence-corrected chi connectivity index (χ1v) is 9.73. The molecule has 0 atom stereocenters. The van der Waals surface area contributed by atoms with Gasteiger partial charge >= 0.3 is 0 Å². The molecule has 2 aromatic rings. The van der Waals surface area contributed by atoms with Crippen LogP contribution in [0, 0.1) is 12.8 Å². The van der Waals surface area contributed by atoms with Gasteiger partial charge in [-0.15, -0.1) is 0 Å². The van der Waals surface area contributed by atoms with Crippen molar-refractivity contribution < 1.29 is 9.47 Å². The highest BCUT2D eigenvalue weighted by atomic mass is 16.5. The van der Waals surface area contributed by atoms with Crippen molar-refractivity contribution in [3.05, 3.63) is 30.0 Å². The van der Waals surface area contributed by atoms with Gasteiger partial charge < -0.3 is 14.4 Å². The van der Waals surface area contributed by atoms with Crippen LogP contribution in [-0.4, -0.2) is 62.9 Å². The fourth-order valence-electron chi connectivity index (χ4n) is 4.31. The second-order valence-corrected chi connectivity index (χ2v) is 7.49. The largest absolute Gasteiger partial charge is 0.494 e. The number of piperazine rings is 1. The van der Waals surface area contributed by atoms with Gasteiger partial charge in [0.25, 0.3) is 0 Å². The zero-order valence-corrected chi connectivity index (χ0v) is 15.9. The Kier molecular flexibility index (Phi) is 5.27. The molecule has 0 aliphatic carbocycles. The lowest BCUT2D eigenvalue weighted by atomic mass is 9.99. The molecule has 0 unspecified atom stereocenters. The number of methoxy groups -OCH3 is 1. The standard InChI is InChI=1S/C21H29N3O2/c1-16-14-22-20-18(4-3-5-19(20)25-2)21(16)24-10-8-23(9-11-24)15-17-6-12-26-13-7-17/h3-5,14,17H,6-13,15H2,1-2H3. The van der Waals surface area contributed by atoms with Crippen LogP contribution in [0.4, 0.5) is 5.69 Å². The van der Waals surface area contributed by atoms with Gasteiger partial charge in [0.05, 0.1) is 12.8 Å². The minimum absolute atomic E-state index is 0.808. The maximum Gasteiger partial charge on any atom is 0.145 e. The summed E-state index contributed by atoms with van der Waals surface area (Å²) in [5.74, 6) is 1.66. The number of aryl methyl sites for hydroxylation is 1. The Morgan fingerprint density at radius 2 is 1.92 bits per heavy atom. The molecule has 5 nitrogen and oxygen atoms in total. The Hall–Kier alpha value is -1.85. The van der Waals surface area contributed by atoms with Gasteiger partial charge in [-0.25, -0.2) is 0 Å². The van der Waals surface area contributed by atoms with Crippen molar-refractivity contribution in [3.8, 4) is 5.75 Å². The van der Waals surface area contributed by atoms with Crippen LogP contribution in [0.2, 0.25) is 0 Å². The quantitative estimate of drug-likeness (QED) is 0.842. The van der Waals surface area contributed by atoms with Gasteiger partial charge in [-0.2, -0.15) is 0 Å². The Morgan fingerprint density at radius 3 is 2.65 bits per heavy atom. The summed E-state index contributed by atoms with van der Waals surface area (Å²) in [6, 6.07) is 6.22. The van der Waals surface area contributed by atoms with Crippen molar-refractivity contribution in [2.45, 2.75) is 19.8 Å². The molecule has 140 valence electrons. The molecule has 0 amide bonds. The molecule has 2 aliphatic rings. The van der Waals surface area contributed by atoms with Gasteiger partial charge in [0.2, 0.25) is 0 Å². The second kappa shape index (κ2) is 7.80. The molecular weight excluding hydrogens is 326 g/mol. The normalized spacial score (nSPS) is 19.8. The highest BCUT2D eigenvalue weighted by molar-refractivity contribution is 5.96. The van der Waals surface area contributed by atoms with E-state index in [-0.39, 0.29) is 0 Å². The summed E-state index contributed by atoms with van der Waals surface area (Å²) in [7, 11) is 1.71. The SMILES string of the molecule is COc1cccc2c(N3CCN(CC4CCOCC4)CC3)c(C)cnc12. The Bertz CT molecular complexity index is 750. The van der Waals surface area contributed by atoms with Crippen LogP contribution in [0.15, 0.2) is 24.4 Å². The number of hydrogen-bond acceptors (Lipinski definition) is 5. The van der Waals surface area contributed by atoms with Gasteiger partial charge in [0.15, 0.2) is 0 Å². The second-order valence-electron chi connectivity index (χ2n) is 7.49. The van der Waals surface area contributed by atoms with Crippen molar-refractivity contribution in [3.63, 3.8) is 0 Å². The van der Waals surface area contributed by atoms with E-state index in [1.165, 1.54) is 36.0 Å². The van der Waals surface area contributed by atoms with E-state index in [1.54, 1.807) is 7.11 Å². The first kappa shape index (κ1) is 17.6. The van der Waals surface area contributed by atoms with Crippen LogP contribution in [0.5, 0.6) is 5.75 Å². The lowest BCUT2D eigenvalue weighted by Gasteiger charge is -2.39. The third-order valence-corrected chi connectivity index (χ3v) is 5.78. The van der Waals surface area contributed by atoms with Gasteiger partial charge in [0, 0.05) is 57.5 Å². The van der Waals surface area contributed by atoms with Crippen molar-refractivity contribution >= 4 is 16.6 Å². The lowest BCUT2D eigenvalue weighted by Crippen LogP contribution is -2.48. The summed E-state index contributed by atoms with van der Waals surface area (Å²) >= 11 is 0. The predicted octanol–water partition coefficient (Wildman–Crippen LogP) is 3.10. The van der Waals surface area contributed by atoms with E-state index in [2.05, 4.69) is 33.8 Å². The number of benzene rings is 1. The molecule has 4 rings (SSSR count). The van der Waals surface area contributed by atoms with E-state index >= 15 is 0 Å². The summed E-state index contributed by atoms with van der Waals surface area (Å²) in [5.41, 5.74) is 3.52. The van der Waals surface area contributed by atoms with Crippen molar-refractivity contribution in [1.29, 1.82) is 0 Å².